The lowest BCUT2D eigenvalue weighted by atomic mass is 9.90. The quantitative estimate of drug-likeness (QED) is 0.526. The summed E-state index contributed by atoms with van der Waals surface area (Å²) in [4.78, 5) is 12.7. The van der Waals surface area contributed by atoms with E-state index in [0.717, 1.165) is 0 Å². The van der Waals surface area contributed by atoms with Gasteiger partial charge in [-0.25, -0.2) is 18.5 Å². The van der Waals surface area contributed by atoms with E-state index in [2.05, 4.69) is 9.68 Å². The van der Waals surface area contributed by atoms with Crippen molar-refractivity contribution in [1.29, 1.82) is 5.26 Å². The van der Waals surface area contributed by atoms with Crippen molar-refractivity contribution < 1.29 is 22.9 Å². The van der Waals surface area contributed by atoms with E-state index in [1.165, 1.54) is 12.1 Å². The number of nitrogens with zero attached hydrogens (tertiary/aromatic N) is 2. The minimum absolute atomic E-state index is 0.115. The van der Waals surface area contributed by atoms with Crippen molar-refractivity contribution in [2.24, 2.45) is 9.50 Å². The molecular weight excluding hydrogens is 447 g/mol. The summed E-state index contributed by atoms with van der Waals surface area (Å²) in [5.41, 5.74) is 0.139. The smallest absolute Gasteiger partial charge is 0.354 e. The monoisotopic (exact) mass is 478 g/mol. The highest BCUT2D eigenvalue weighted by molar-refractivity contribution is 7.90. The Morgan fingerprint density at radius 1 is 1.33 bits per heavy atom. The first-order chi connectivity index (χ1) is 15.1. The van der Waals surface area contributed by atoms with Crippen molar-refractivity contribution in [3.05, 3.63) is 51.7 Å². The highest BCUT2D eigenvalue weighted by Gasteiger charge is 2.25. The maximum atomic E-state index is 14.9. The number of nitriles is 1. The summed E-state index contributed by atoms with van der Waals surface area (Å²) >= 11 is 0. The summed E-state index contributed by atoms with van der Waals surface area (Å²) in [6.45, 7) is 12.0. The van der Waals surface area contributed by atoms with Crippen LogP contribution in [0.1, 0.15) is 87.2 Å². The van der Waals surface area contributed by atoms with E-state index in [0.29, 0.717) is 16.9 Å². The number of aliphatic hydroxyl groups is 1. The van der Waals surface area contributed by atoms with Gasteiger partial charge in [0, 0.05) is 11.1 Å². The molecule has 0 aliphatic heterocycles. The predicted molar refractivity (Wildman–Crippen MR) is 125 cm³/mol. The molecule has 10 heteroatoms. The molecule has 0 fully saturated rings. The van der Waals surface area contributed by atoms with E-state index < -0.39 is 27.4 Å². The Kier molecular flexibility index (Phi) is 7.74. The van der Waals surface area contributed by atoms with Crippen LogP contribution in [0.4, 0.5) is 14.9 Å². The summed E-state index contributed by atoms with van der Waals surface area (Å²) in [5, 5.41) is 27.8. The molecule has 0 spiro atoms. The molecule has 1 aromatic heterocycles. The van der Waals surface area contributed by atoms with Crippen molar-refractivity contribution in [3.63, 3.8) is 0 Å². The number of aryl methyl sites for hydroxylation is 1. The average Bonchev–Trinajstić information content (AvgIpc) is 3.00. The minimum Gasteiger partial charge on any atom is -0.465 e. The third-order valence-electron chi connectivity index (χ3n) is 5.10. The summed E-state index contributed by atoms with van der Waals surface area (Å²) in [5.74, 6) is -0.908. The van der Waals surface area contributed by atoms with Gasteiger partial charge in [-0.15, -0.1) is 4.36 Å². The zero-order valence-corrected chi connectivity index (χ0v) is 20.8. The van der Waals surface area contributed by atoms with Crippen LogP contribution in [0.25, 0.3) is 0 Å². The van der Waals surface area contributed by atoms with Gasteiger partial charge in [-0.1, -0.05) is 27.7 Å². The number of carbonyl (C=O) groups excluding carboxylic acids is 1. The summed E-state index contributed by atoms with van der Waals surface area (Å²) < 4.78 is 36.9. The lowest BCUT2D eigenvalue weighted by Gasteiger charge is -2.21. The van der Waals surface area contributed by atoms with Crippen molar-refractivity contribution in [2.45, 2.75) is 71.7 Å². The van der Waals surface area contributed by atoms with Crippen molar-refractivity contribution in [3.8, 4) is 6.07 Å². The molecule has 2 aromatic rings. The maximum Gasteiger partial charge on any atom is 0.354 e. The Morgan fingerprint density at radius 3 is 2.39 bits per heavy atom. The Hall–Kier alpha value is -2.74. The molecular formula is C23H31FN4O4S. The second kappa shape index (κ2) is 9.63. The molecule has 0 bridgehead atoms. The lowest BCUT2D eigenvalue weighted by molar-refractivity contribution is 0.0770. The van der Waals surface area contributed by atoms with Crippen LogP contribution in [-0.2, 0) is 21.3 Å². The van der Waals surface area contributed by atoms with Crippen LogP contribution in [0.5, 0.6) is 0 Å². The highest BCUT2D eigenvalue weighted by Crippen LogP contribution is 2.36. The topological polar surface area (TPSA) is 142 Å². The number of furan rings is 1. The maximum absolute atomic E-state index is 14.9. The lowest BCUT2D eigenvalue weighted by Crippen LogP contribution is -2.21. The fourth-order valence-corrected chi connectivity index (χ4v) is 4.59. The minimum atomic E-state index is -3.55. The van der Waals surface area contributed by atoms with Crippen LogP contribution in [-0.4, -0.2) is 15.3 Å². The number of urea groups is 1. The van der Waals surface area contributed by atoms with Gasteiger partial charge in [0.1, 0.15) is 39.1 Å². The van der Waals surface area contributed by atoms with E-state index in [1.807, 2.05) is 19.9 Å². The number of anilines is 1. The molecule has 1 atom stereocenters. The van der Waals surface area contributed by atoms with Gasteiger partial charge in [-0.2, -0.15) is 5.26 Å². The van der Waals surface area contributed by atoms with Crippen molar-refractivity contribution in [2.75, 3.05) is 5.32 Å². The SMILES string of the molecule is Cc1oc(CS(N)(=O)=NC(=O)Nc2c(C(C)C)cc(C#N)c(F)c2C(C)C)cc1C(C)(C)O. The van der Waals surface area contributed by atoms with E-state index in [9.17, 15) is 23.8 Å². The molecule has 180 valence electrons. The first-order valence-corrected chi connectivity index (χ1v) is 12.2. The number of amides is 2. The molecule has 2 rings (SSSR count). The summed E-state index contributed by atoms with van der Waals surface area (Å²) in [6, 6.07) is 3.77. The number of hydrogen-bond acceptors (Lipinski definition) is 5. The van der Waals surface area contributed by atoms with E-state index in [1.54, 1.807) is 34.6 Å². The zero-order valence-electron chi connectivity index (χ0n) is 19.9. The van der Waals surface area contributed by atoms with E-state index in [-0.39, 0.29) is 40.2 Å². The predicted octanol–water partition coefficient (Wildman–Crippen LogP) is 5.15. The molecule has 2 amide bonds. The van der Waals surface area contributed by atoms with Gasteiger partial charge in [0.25, 0.3) is 0 Å². The van der Waals surface area contributed by atoms with Gasteiger partial charge in [0.15, 0.2) is 0 Å². The number of carbonyl (C=O) groups is 1. The molecule has 0 saturated heterocycles. The number of nitrogens with two attached hydrogens (primary N) is 1. The number of rotatable bonds is 6. The largest absolute Gasteiger partial charge is 0.465 e. The summed E-state index contributed by atoms with van der Waals surface area (Å²) in [7, 11) is -3.55. The van der Waals surface area contributed by atoms with Gasteiger partial charge in [-0.3, -0.25) is 0 Å². The first-order valence-electron chi connectivity index (χ1n) is 10.5. The standard InChI is InChI=1S/C23H31FN4O4S/c1-12(2)17-8-15(10-25)20(24)19(13(3)4)21(17)27-22(29)28-33(26,31)11-16-9-18(14(5)32-16)23(6,7)30/h8-9,12-13,30H,11H2,1-7H3,(H3,26,27,28,29,31). The molecule has 0 radical (unpaired) electrons. The van der Waals surface area contributed by atoms with E-state index >= 15 is 0 Å². The van der Waals surface area contributed by atoms with Crippen LogP contribution >= 0.6 is 0 Å². The Bertz CT molecular complexity index is 1230. The number of benzene rings is 1. The molecule has 8 nitrogen and oxygen atoms in total. The molecule has 1 aromatic carbocycles. The molecule has 1 unspecified atom stereocenters. The molecule has 0 saturated carbocycles. The molecule has 4 N–H and O–H groups in total. The van der Waals surface area contributed by atoms with Crippen LogP contribution in [0, 0.1) is 24.1 Å². The Balaban J connectivity index is 2.45. The van der Waals surface area contributed by atoms with Gasteiger partial charge in [0.05, 0.1) is 16.9 Å². The van der Waals surface area contributed by atoms with Crippen molar-refractivity contribution in [1.82, 2.24) is 0 Å². The van der Waals surface area contributed by atoms with Gasteiger partial charge in [-0.05, 0) is 50.3 Å². The second-order valence-corrected chi connectivity index (χ2v) is 11.0. The fraction of sp³-hybridized carbons (Fsp3) is 0.478. The average molecular weight is 479 g/mol. The second-order valence-electron chi connectivity index (χ2n) is 9.13. The fourth-order valence-electron chi connectivity index (χ4n) is 3.65. The Labute approximate surface area is 194 Å². The third kappa shape index (κ3) is 6.19. The Morgan fingerprint density at radius 2 is 1.94 bits per heavy atom. The van der Waals surface area contributed by atoms with Crippen LogP contribution < -0.4 is 10.5 Å². The van der Waals surface area contributed by atoms with Crippen molar-refractivity contribution >= 4 is 21.6 Å². The number of nitrogens with one attached hydrogen (secondary N) is 1. The van der Waals surface area contributed by atoms with Gasteiger partial charge in [0.2, 0.25) is 0 Å². The number of halogens is 1. The summed E-state index contributed by atoms with van der Waals surface area (Å²) in [6.07, 6.45) is 0. The highest BCUT2D eigenvalue weighted by atomic mass is 32.2. The first kappa shape index (κ1) is 26.5. The van der Waals surface area contributed by atoms with Crippen LogP contribution in [0.15, 0.2) is 20.9 Å². The van der Waals surface area contributed by atoms with Gasteiger partial charge < -0.3 is 14.8 Å². The van der Waals surface area contributed by atoms with E-state index in [4.69, 9.17) is 9.56 Å². The van der Waals surface area contributed by atoms with Gasteiger partial charge >= 0.3 is 6.03 Å². The molecule has 1 heterocycles. The normalized spacial score (nSPS) is 13.7. The van der Waals surface area contributed by atoms with Crippen LogP contribution in [0.3, 0.4) is 0 Å². The molecule has 0 aliphatic carbocycles. The zero-order chi connectivity index (χ0) is 25.3. The van der Waals surface area contributed by atoms with Crippen LogP contribution in [0.2, 0.25) is 0 Å². The number of hydrogen-bond donors (Lipinski definition) is 3. The molecule has 0 aliphatic rings. The molecule has 33 heavy (non-hydrogen) atoms. The third-order valence-corrected chi connectivity index (χ3v) is 6.27.